The number of carbonyl (C=O) groups is 4. The molecule has 3 amide bonds. The third-order valence-electron chi connectivity index (χ3n) is 4.89. The summed E-state index contributed by atoms with van der Waals surface area (Å²) in [7, 11) is 0. The number of rotatable bonds is 6. The molecule has 3 rings (SSSR count). The number of esters is 1. The maximum absolute atomic E-state index is 12.4. The highest BCUT2D eigenvalue weighted by Crippen LogP contribution is 2.29. The number of hydrogen-bond donors (Lipinski definition) is 2. The smallest absolute Gasteiger partial charge is 0.311 e. The fourth-order valence-electron chi connectivity index (χ4n) is 3.26. The molecule has 8 nitrogen and oxygen atoms in total. The van der Waals surface area contributed by atoms with Gasteiger partial charge in [0.2, 0.25) is 5.91 Å². The van der Waals surface area contributed by atoms with Crippen molar-refractivity contribution < 1.29 is 23.9 Å². The number of nitrogens with one attached hydrogen (secondary N) is 2. The maximum atomic E-state index is 12.4. The minimum atomic E-state index is -0.701. The van der Waals surface area contributed by atoms with Gasteiger partial charge in [0.25, 0.3) is 11.8 Å². The molecule has 2 N–H and O–H groups in total. The summed E-state index contributed by atoms with van der Waals surface area (Å²) >= 11 is 5.76. The average molecular weight is 444 g/mol. The second-order valence-electron chi connectivity index (χ2n) is 7.00. The molecule has 0 bridgehead atoms. The third-order valence-corrected chi connectivity index (χ3v) is 5.14. The molecule has 0 aliphatic carbocycles. The van der Waals surface area contributed by atoms with Gasteiger partial charge < -0.3 is 9.64 Å². The van der Waals surface area contributed by atoms with Crippen LogP contribution in [0.5, 0.6) is 0 Å². The van der Waals surface area contributed by atoms with Gasteiger partial charge in [-0.25, -0.2) is 0 Å². The average Bonchev–Trinajstić information content (AvgIpc) is 3.17. The molecule has 162 valence electrons. The molecule has 0 unspecified atom stereocenters. The number of para-hydroxylation sites is 1. The van der Waals surface area contributed by atoms with Crippen LogP contribution >= 0.6 is 11.6 Å². The molecule has 31 heavy (non-hydrogen) atoms. The number of carbonyl (C=O) groups excluding carboxylic acids is 4. The molecule has 1 heterocycles. The van der Waals surface area contributed by atoms with Gasteiger partial charge in [0.05, 0.1) is 5.92 Å². The van der Waals surface area contributed by atoms with E-state index >= 15 is 0 Å². The normalized spacial score (nSPS) is 15.5. The lowest BCUT2D eigenvalue weighted by atomic mass is 10.1. The minimum absolute atomic E-state index is 0.0196. The first-order valence-electron chi connectivity index (χ1n) is 9.78. The van der Waals surface area contributed by atoms with Crippen LogP contribution in [0.3, 0.4) is 0 Å². The Morgan fingerprint density at radius 2 is 1.81 bits per heavy atom. The molecule has 1 fully saturated rings. The van der Waals surface area contributed by atoms with Crippen molar-refractivity contribution in [3.05, 3.63) is 64.7 Å². The molecule has 1 aliphatic heterocycles. The van der Waals surface area contributed by atoms with Gasteiger partial charge in [-0.3, -0.25) is 30.0 Å². The molecule has 0 radical (unpaired) electrons. The second kappa shape index (κ2) is 10.1. The Labute approximate surface area is 184 Å². The van der Waals surface area contributed by atoms with Gasteiger partial charge in [-0.05, 0) is 42.3 Å². The largest absolute Gasteiger partial charge is 0.455 e. The van der Waals surface area contributed by atoms with Crippen LogP contribution in [0.15, 0.2) is 48.5 Å². The summed E-state index contributed by atoms with van der Waals surface area (Å²) in [4.78, 5) is 50.2. The first-order chi connectivity index (χ1) is 14.9. The number of anilines is 1. The summed E-state index contributed by atoms with van der Waals surface area (Å²) in [6.07, 6.45) is 0.781. The summed E-state index contributed by atoms with van der Waals surface area (Å²) in [5.41, 5.74) is 6.50. The van der Waals surface area contributed by atoms with Crippen LogP contribution in [0.1, 0.15) is 29.3 Å². The van der Waals surface area contributed by atoms with E-state index in [4.69, 9.17) is 16.3 Å². The van der Waals surface area contributed by atoms with Crippen LogP contribution in [0.4, 0.5) is 5.69 Å². The van der Waals surface area contributed by atoms with Crippen molar-refractivity contribution >= 4 is 41.0 Å². The van der Waals surface area contributed by atoms with Gasteiger partial charge in [0.1, 0.15) is 0 Å². The highest BCUT2D eigenvalue weighted by molar-refractivity contribution is 6.30. The lowest BCUT2D eigenvalue weighted by Crippen LogP contribution is -2.43. The predicted molar refractivity (Wildman–Crippen MR) is 114 cm³/mol. The quantitative estimate of drug-likeness (QED) is 0.526. The minimum Gasteiger partial charge on any atom is -0.455 e. The Hall–Kier alpha value is -3.39. The van der Waals surface area contributed by atoms with Gasteiger partial charge in [0, 0.05) is 29.2 Å². The van der Waals surface area contributed by atoms with E-state index in [0.29, 0.717) is 10.6 Å². The van der Waals surface area contributed by atoms with Crippen molar-refractivity contribution in [1.82, 2.24) is 10.9 Å². The van der Waals surface area contributed by atoms with Gasteiger partial charge in [-0.15, -0.1) is 0 Å². The molecule has 1 saturated heterocycles. The van der Waals surface area contributed by atoms with Crippen LogP contribution < -0.4 is 15.8 Å². The van der Waals surface area contributed by atoms with Crippen molar-refractivity contribution in [1.29, 1.82) is 0 Å². The van der Waals surface area contributed by atoms with Gasteiger partial charge in [-0.1, -0.05) is 36.7 Å². The lowest BCUT2D eigenvalue weighted by molar-refractivity contribution is -0.152. The van der Waals surface area contributed by atoms with Crippen LogP contribution in [0.25, 0.3) is 0 Å². The molecule has 0 saturated carbocycles. The number of hydrogen-bond acceptors (Lipinski definition) is 5. The van der Waals surface area contributed by atoms with E-state index in [2.05, 4.69) is 10.9 Å². The molecule has 0 aromatic heterocycles. The number of amides is 3. The molecule has 1 atom stereocenters. The van der Waals surface area contributed by atoms with Crippen molar-refractivity contribution in [2.24, 2.45) is 5.92 Å². The van der Waals surface area contributed by atoms with Crippen molar-refractivity contribution in [3.8, 4) is 0 Å². The number of hydrazine groups is 1. The summed E-state index contributed by atoms with van der Waals surface area (Å²) in [5.74, 6) is -2.70. The first kappa shape index (κ1) is 22.3. The third kappa shape index (κ3) is 5.61. The van der Waals surface area contributed by atoms with Crippen LogP contribution in [0.2, 0.25) is 5.02 Å². The molecule has 1 aliphatic rings. The standard InChI is InChI=1S/C22H22ClN3O5/c1-2-14-5-3-4-6-18(14)26-12-16(11-20(26)28)22(30)31-13-19(27)24-25-21(29)15-7-9-17(23)10-8-15/h3-10,16H,2,11-13H2,1H3,(H,24,27)(H,25,29)/t16-/m1/s1. The summed E-state index contributed by atoms with van der Waals surface area (Å²) < 4.78 is 5.03. The number of ether oxygens (including phenoxy) is 1. The molecule has 2 aromatic carbocycles. The Bertz CT molecular complexity index is 993. The molecule has 9 heteroatoms. The molecular weight excluding hydrogens is 422 g/mol. The Kier molecular flexibility index (Phi) is 7.25. The van der Waals surface area contributed by atoms with E-state index in [0.717, 1.165) is 17.7 Å². The Morgan fingerprint density at radius 3 is 2.52 bits per heavy atom. The van der Waals surface area contributed by atoms with Crippen molar-refractivity contribution in [2.75, 3.05) is 18.1 Å². The van der Waals surface area contributed by atoms with E-state index in [1.807, 2.05) is 31.2 Å². The van der Waals surface area contributed by atoms with Gasteiger partial charge in [-0.2, -0.15) is 0 Å². The monoisotopic (exact) mass is 443 g/mol. The van der Waals surface area contributed by atoms with E-state index in [9.17, 15) is 19.2 Å². The topological polar surface area (TPSA) is 105 Å². The number of nitrogens with zero attached hydrogens (tertiary/aromatic N) is 1. The summed E-state index contributed by atoms with van der Waals surface area (Å²) in [6, 6.07) is 13.6. The van der Waals surface area contributed by atoms with Gasteiger partial charge >= 0.3 is 5.97 Å². The number of halogens is 1. The fraction of sp³-hybridized carbons (Fsp3) is 0.273. The number of aryl methyl sites for hydroxylation is 1. The zero-order valence-electron chi connectivity index (χ0n) is 16.9. The highest BCUT2D eigenvalue weighted by atomic mass is 35.5. The SMILES string of the molecule is CCc1ccccc1N1C[C@H](C(=O)OCC(=O)NNC(=O)c2ccc(Cl)cc2)CC1=O. The molecule has 0 spiro atoms. The Morgan fingerprint density at radius 1 is 1.10 bits per heavy atom. The number of benzene rings is 2. The highest BCUT2D eigenvalue weighted by Gasteiger charge is 2.37. The van der Waals surface area contributed by atoms with Crippen molar-refractivity contribution in [2.45, 2.75) is 19.8 Å². The van der Waals surface area contributed by atoms with E-state index in [-0.39, 0.29) is 18.9 Å². The zero-order valence-corrected chi connectivity index (χ0v) is 17.6. The van der Waals surface area contributed by atoms with E-state index < -0.39 is 30.3 Å². The van der Waals surface area contributed by atoms with Crippen LogP contribution in [0, 0.1) is 5.92 Å². The van der Waals surface area contributed by atoms with Crippen LogP contribution in [-0.4, -0.2) is 36.8 Å². The van der Waals surface area contributed by atoms with Crippen molar-refractivity contribution in [3.63, 3.8) is 0 Å². The summed E-state index contributed by atoms with van der Waals surface area (Å²) in [5, 5.41) is 0.481. The van der Waals surface area contributed by atoms with E-state index in [1.54, 1.807) is 17.0 Å². The molecular formula is C22H22ClN3O5. The maximum Gasteiger partial charge on any atom is 0.311 e. The summed E-state index contributed by atoms with van der Waals surface area (Å²) in [6.45, 7) is 1.62. The Balaban J connectivity index is 1.47. The van der Waals surface area contributed by atoms with Crippen LogP contribution in [-0.2, 0) is 25.5 Å². The fourth-order valence-corrected chi connectivity index (χ4v) is 3.39. The lowest BCUT2D eigenvalue weighted by Gasteiger charge is -2.19. The zero-order chi connectivity index (χ0) is 22.4. The first-order valence-corrected chi connectivity index (χ1v) is 10.2. The molecule has 2 aromatic rings. The predicted octanol–water partition coefficient (Wildman–Crippen LogP) is 2.26. The van der Waals surface area contributed by atoms with Gasteiger partial charge in [0.15, 0.2) is 6.61 Å². The van der Waals surface area contributed by atoms with E-state index in [1.165, 1.54) is 12.1 Å². The second-order valence-corrected chi connectivity index (χ2v) is 7.44.